The van der Waals surface area contributed by atoms with Gasteiger partial charge in [-0.2, -0.15) is 0 Å². The number of nitrogens with one attached hydrogen (secondary N) is 3. The van der Waals surface area contributed by atoms with E-state index in [4.69, 9.17) is 0 Å². The van der Waals surface area contributed by atoms with Crippen LogP contribution in [0.2, 0.25) is 0 Å². The summed E-state index contributed by atoms with van der Waals surface area (Å²) in [6.45, 7) is 5.37. The van der Waals surface area contributed by atoms with Gasteiger partial charge in [0.15, 0.2) is 0 Å². The smallest absolute Gasteiger partial charge is 0.241 e. The average Bonchev–Trinajstić information content (AvgIpc) is 3.04. The van der Waals surface area contributed by atoms with E-state index in [9.17, 15) is 13.2 Å². The molecule has 2 atom stereocenters. The first-order chi connectivity index (χ1) is 13.3. The normalized spacial score (nSPS) is 17.4. The highest BCUT2D eigenvalue weighted by Crippen LogP contribution is 2.31. The molecule has 2 unspecified atom stereocenters. The Morgan fingerprint density at radius 2 is 1.71 bits per heavy atom. The summed E-state index contributed by atoms with van der Waals surface area (Å²) in [5.41, 5.74) is 3.16. The van der Waals surface area contributed by atoms with Crippen molar-refractivity contribution >= 4 is 21.6 Å². The minimum absolute atomic E-state index is 0.153. The minimum Gasteiger partial charge on any atom is -0.325 e. The Bertz CT molecular complexity index is 940. The predicted molar refractivity (Wildman–Crippen MR) is 111 cm³/mol. The molecule has 3 rings (SSSR count). The molecule has 0 bridgehead atoms. The fourth-order valence-electron chi connectivity index (χ4n) is 3.45. The number of carbonyl (C=O) groups excluding carboxylic acids is 1. The van der Waals surface area contributed by atoms with E-state index in [0.29, 0.717) is 5.69 Å². The van der Waals surface area contributed by atoms with Crippen LogP contribution in [-0.4, -0.2) is 26.4 Å². The third-order valence-corrected chi connectivity index (χ3v) is 6.47. The number of aryl methyl sites for hydroxylation is 1. The zero-order valence-corrected chi connectivity index (χ0v) is 17.2. The zero-order chi connectivity index (χ0) is 20.3. The lowest BCUT2D eigenvalue weighted by Gasteiger charge is -2.20. The van der Waals surface area contributed by atoms with Gasteiger partial charge in [-0.25, -0.2) is 13.1 Å². The maximum atomic E-state index is 12.5. The van der Waals surface area contributed by atoms with E-state index in [2.05, 4.69) is 27.5 Å². The molecule has 0 saturated carbocycles. The molecule has 150 valence electrons. The first-order valence-electron chi connectivity index (χ1n) is 9.53. The molecule has 6 nitrogen and oxygen atoms in total. The van der Waals surface area contributed by atoms with Gasteiger partial charge in [0.25, 0.3) is 0 Å². The number of fused-ring (bicyclic) bond motifs is 1. The molecule has 0 fully saturated rings. The quantitative estimate of drug-likeness (QED) is 0.666. The van der Waals surface area contributed by atoms with Crippen LogP contribution in [0.3, 0.4) is 0 Å². The Morgan fingerprint density at radius 3 is 2.39 bits per heavy atom. The Morgan fingerprint density at radius 1 is 1.04 bits per heavy atom. The summed E-state index contributed by atoms with van der Waals surface area (Å²) in [5.74, 6) is -0.153. The summed E-state index contributed by atoms with van der Waals surface area (Å²) in [6, 6.07) is 14.1. The van der Waals surface area contributed by atoms with Crippen molar-refractivity contribution in [3.8, 4) is 0 Å². The summed E-state index contributed by atoms with van der Waals surface area (Å²) < 4.78 is 26.9. The van der Waals surface area contributed by atoms with Crippen LogP contribution in [0, 0.1) is 0 Å². The van der Waals surface area contributed by atoms with Crippen molar-refractivity contribution in [1.82, 2.24) is 10.0 Å². The first kappa shape index (κ1) is 20.5. The van der Waals surface area contributed by atoms with Gasteiger partial charge in [-0.1, -0.05) is 24.3 Å². The topological polar surface area (TPSA) is 87.3 Å². The van der Waals surface area contributed by atoms with Crippen LogP contribution in [0.4, 0.5) is 5.69 Å². The average molecular weight is 402 g/mol. The fourth-order valence-corrected chi connectivity index (χ4v) is 4.71. The third-order valence-electron chi connectivity index (χ3n) is 4.80. The molecular formula is C21H27N3O3S. The second-order valence-corrected chi connectivity index (χ2v) is 9.18. The van der Waals surface area contributed by atoms with Crippen LogP contribution >= 0.6 is 0 Å². The molecule has 1 amide bonds. The summed E-state index contributed by atoms with van der Waals surface area (Å²) in [6.07, 6.45) is 1.99. The van der Waals surface area contributed by atoms with Crippen molar-refractivity contribution < 1.29 is 13.2 Å². The second-order valence-electron chi connectivity index (χ2n) is 7.47. The molecule has 0 heterocycles. The molecule has 3 N–H and O–H groups in total. The van der Waals surface area contributed by atoms with Gasteiger partial charge in [0.2, 0.25) is 15.9 Å². The Hall–Kier alpha value is -2.22. The van der Waals surface area contributed by atoms with Crippen LogP contribution in [-0.2, 0) is 21.2 Å². The van der Waals surface area contributed by atoms with E-state index < -0.39 is 10.0 Å². The van der Waals surface area contributed by atoms with Gasteiger partial charge < -0.3 is 5.32 Å². The lowest BCUT2D eigenvalue weighted by Crippen LogP contribution is -2.39. The fraction of sp³-hybridized carbons (Fsp3) is 0.381. The maximum absolute atomic E-state index is 12.5. The zero-order valence-electron chi connectivity index (χ0n) is 16.4. The first-order valence-corrected chi connectivity index (χ1v) is 11.0. The number of carbonyl (C=O) groups is 1. The summed E-state index contributed by atoms with van der Waals surface area (Å²) in [5, 5.41) is 6.24. The van der Waals surface area contributed by atoms with E-state index >= 15 is 0 Å². The van der Waals surface area contributed by atoms with E-state index in [1.807, 2.05) is 19.1 Å². The second kappa shape index (κ2) is 8.43. The molecule has 2 aromatic carbocycles. The number of sulfonamides is 1. The number of rotatable bonds is 7. The summed E-state index contributed by atoms with van der Waals surface area (Å²) >= 11 is 0. The summed E-state index contributed by atoms with van der Waals surface area (Å²) in [7, 11) is -3.54. The molecule has 0 radical (unpaired) electrons. The van der Waals surface area contributed by atoms with Crippen molar-refractivity contribution in [2.24, 2.45) is 0 Å². The third kappa shape index (κ3) is 4.79. The molecular weight excluding hydrogens is 374 g/mol. The molecule has 1 aliphatic rings. The highest BCUT2D eigenvalue weighted by atomic mass is 32.2. The van der Waals surface area contributed by atoms with Gasteiger partial charge in [0.1, 0.15) is 0 Å². The minimum atomic E-state index is -3.54. The van der Waals surface area contributed by atoms with Crippen molar-refractivity contribution in [2.45, 2.75) is 56.6 Å². The van der Waals surface area contributed by atoms with Crippen LogP contribution in [0.15, 0.2) is 53.4 Å². The van der Waals surface area contributed by atoms with Gasteiger partial charge in [-0.05, 0) is 69.0 Å². The molecule has 0 saturated heterocycles. The van der Waals surface area contributed by atoms with Crippen LogP contribution in [0.1, 0.15) is 44.4 Å². The van der Waals surface area contributed by atoms with E-state index in [1.54, 1.807) is 26.0 Å². The molecule has 0 spiro atoms. The highest BCUT2D eigenvalue weighted by Gasteiger charge is 2.25. The summed E-state index contributed by atoms with van der Waals surface area (Å²) in [4.78, 5) is 12.7. The van der Waals surface area contributed by atoms with Gasteiger partial charge in [0.05, 0.1) is 10.9 Å². The van der Waals surface area contributed by atoms with Gasteiger partial charge in [-0.15, -0.1) is 0 Å². The van der Waals surface area contributed by atoms with Gasteiger partial charge >= 0.3 is 0 Å². The molecule has 28 heavy (non-hydrogen) atoms. The van der Waals surface area contributed by atoms with E-state index in [-0.39, 0.29) is 28.9 Å². The number of hydrogen-bond acceptors (Lipinski definition) is 4. The lowest BCUT2D eigenvalue weighted by molar-refractivity contribution is -0.118. The molecule has 0 aromatic heterocycles. The number of benzene rings is 2. The van der Waals surface area contributed by atoms with E-state index in [1.165, 1.54) is 23.3 Å². The largest absolute Gasteiger partial charge is 0.325 e. The SMILES string of the molecule is CC(C)NS(=O)(=O)c1ccc(NC(=O)C(C)NC2CCc3ccccc32)cc1. The van der Waals surface area contributed by atoms with Crippen molar-refractivity contribution in [3.63, 3.8) is 0 Å². The van der Waals surface area contributed by atoms with E-state index in [0.717, 1.165) is 12.8 Å². The van der Waals surface area contributed by atoms with Gasteiger partial charge in [-0.3, -0.25) is 10.1 Å². The van der Waals surface area contributed by atoms with Crippen molar-refractivity contribution in [2.75, 3.05) is 5.32 Å². The standard InChI is InChI=1S/C21H27N3O3S/c1-14(2)24-28(26,27)18-11-9-17(10-12-18)23-21(25)15(3)22-20-13-8-16-6-4-5-7-19(16)20/h4-7,9-12,14-15,20,22,24H,8,13H2,1-3H3,(H,23,25). The molecule has 0 aliphatic heterocycles. The number of amides is 1. The number of anilines is 1. The Balaban J connectivity index is 1.60. The predicted octanol–water partition coefficient (Wildman–Crippen LogP) is 2.98. The van der Waals surface area contributed by atoms with Crippen LogP contribution in [0.5, 0.6) is 0 Å². The Labute approximate surface area is 166 Å². The molecule has 2 aromatic rings. The molecule has 7 heteroatoms. The van der Waals surface area contributed by atoms with Gasteiger partial charge in [0, 0.05) is 17.8 Å². The van der Waals surface area contributed by atoms with Crippen molar-refractivity contribution in [1.29, 1.82) is 0 Å². The van der Waals surface area contributed by atoms with Crippen molar-refractivity contribution in [3.05, 3.63) is 59.7 Å². The Kier molecular flexibility index (Phi) is 6.17. The lowest BCUT2D eigenvalue weighted by atomic mass is 10.1. The monoisotopic (exact) mass is 401 g/mol. The van der Waals surface area contributed by atoms with Crippen LogP contribution in [0.25, 0.3) is 0 Å². The number of hydrogen-bond donors (Lipinski definition) is 3. The highest BCUT2D eigenvalue weighted by molar-refractivity contribution is 7.89. The maximum Gasteiger partial charge on any atom is 0.241 e. The van der Waals surface area contributed by atoms with Crippen LogP contribution < -0.4 is 15.4 Å². The molecule has 1 aliphatic carbocycles.